The van der Waals surface area contributed by atoms with Gasteiger partial charge in [0.1, 0.15) is 5.41 Å². The monoisotopic (exact) mass is 270 g/mol. The number of nitrogens with one attached hydrogen (secondary N) is 1. The molecule has 1 fully saturated rings. The second kappa shape index (κ2) is 6.65. The summed E-state index contributed by atoms with van der Waals surface area (Å²) in [4.78, 5) is 37.2. The van der Waals surface area contributed by atoms with Crippen LogP contribution in [-0.2, 0) is 14.3 Å². The fraction of sp³-hybridized carbons (Fsp3) is 0.769. The van der Waals surface area contributed by atoms with Gasteiger partial charge >= 0.3 is 6.03 Å². The molecule has 1 N–H and O–H groups in total. The van der Waals surface area contributed by atoms with Crippen molar-refractivity contribution in [3.05, 3.63) is 0 Å². The molecule has 1 rings (SSSR count). The fourth-order valence-electron chi connectivity index (χ4n) is 2.32. The van der Waals surface area contributed by atoms with Crippen molar-refractivity contribution in [2.45, 2.75) is 39.5 Å². The van der Waals surface area contributed by atoms with Gasteiger partial charge in [-0.3, -0.25) is 19.8 Å². The van der Waals surface area contributed by atoms with E-state index < -0.39 is 17.4 Å². The van der Waals surface area contributed by atoms with Gasteiger partial charge in [0, 0.05) is 20.3 Å². The van der Waals surface area contributed by atoms with Crippen LogP contribution in [0.2, 0.25) is 0 Å². The van der Waals surface area contributed by atoms with Crippen LogP contribution < -0.4 is 5.32 Å². The standard InChI is InChI=1S/C13H22N2O4/c1-4-13(5-2)10(16)14-12(18)15(11(13)17)8-6-7-9-19-3/h4-9H2,1-3H3,(H,14,16,18). The van der Waals surface area contributed by atoms with E-state index in [0.717, 1.165) is 11.3 Å². The van der Waals surface area contributed by atoms with E-state index in [1.807, 2.05) is 0 Å². The Bertz CT molecular complexity index is 364. The predicted molar refractivity (Wildman–Crippen MR) is 69.4 cm³/mol. The Balaban J connectivity index is 2.78. The Morgan fingerprint density at radius 3 is 2.32 bits per heavy atom. The third kappa shape index (κ3) is 2.94. The number of hydrogen-bond acceptors (Lipinski definition) is 4. The Morgan fingerprint density at radius 2 is 1.79 bits per heavy atom. The second-order valence-electron chi connectivity index (χ2n) is 4.71. The topological polar surface area (TPSA) is 75.7 Å². The van der Waals surface area contributed by atoms with Crippen molar-refractivity contribution in [3.63, 3.8) is 0 Å². The van der Waals surface area contributed by atoms with Crippen molar-refractivity contribution in [2.24, 2.45) is 5.41 Å². The fourth-order valence-corrected chi connectivity index (χ4v) is 2.32. The molecule has 1 saturated heterocycles. The minimum atomic E-state index is -1.09. The van der Waals surface area contributed by atoms with Gasteiger partial charge in [-0.25, -0.2) is 4.79 Å². The summed E-state index contributed by atoms with van der Waals surface area (Å²) < 4.78 is 4.93. The molecule has 1 heterocycles. The lowest BCUT2D eigenvalue weighted by Gasteiger charge is -2.38. The van der Waals surface area contributed by atoms with Gasteiger partial charge in [0.25, 0.3) is 0 Å². The van der Waals surface area contributed by atoms with Gasteiger partial charge < -0.3 is 4.74 Å². The first kappa shape index (κ1) is 15.6. The predicted octanol–water partition coefficient (Wildman–Crippen LogP) is 1.30. The number of nitrogens with zero attached hydrogens (tertiary/aromatic N) is 1. The van der Waals surface area contributed by atoms with Crippen LogP contribution in [0.1, 0.15) is 39.5 Å². The summed E-state index contributed by atoms with van der Waals surface area (Å²) in [5.41, 5.74) is -1.09. The van der Waals surface area contributed by atoms with Gasteiger partial charge in [0.2, 0.25) is 11.8 Å². The van der Waals surface area contributed by atoms with E-state index in [0.29, 0.717) is 32.4 Å². The van der Waals surface area contributed by atoms with E-state index in [-0.39, 0.29) is 5.91 Å². The molecule has 108 valence electrons. The molecule has 0 unspecified atom stereocenters. The molecule has 0 atom stereocenters. The highest BCUT2D eigenvalue weighted by Crippen LogP contribution is 2.32. The summed E-state index contributed by atoms with van der Waals surface area (Å²) in [6.07, 6.45) is 2.24. The first-order valence-electron chi connectivity index (χ1n) is 6.69. The van der Waals surface area contributed by atoms with Crippen molar-refractivity contribution < 1.29 is 19.1 Å². The summed E-state index contributed by atoms with van der Waals surface area (Å²) in [6.45, 7) is 4.50. The number of barbiturate groups is 1. The molecule has 19 heavy (non-hydrogen) atoms. The van der Waals surface area contributed by atoms with E-state index in [2.05, 4.69) is 5.32 Å². The lowest BCUT2D eigenvalue weighted by molar-refractivity contribution is -0.152. The molecule has 6 nitrogen and oxygen atoms in total. The molecule has 1 aliphatic heterocycles. The van der Waals surface area contributed by atoms with Crippen molar-refractivity contribution in [3.8, 4) is 0 Å². The highest BCUT2D eigenvalue weighted by Gasteiger charge is 2.51. The van der Waals surface area contributed by atoms with E-state index in [1.165, 1.54) is 0 Å². The zero-order chi connectivity index (χ0) is 14.5. The third-order valence-electron chi connectivity index (χ3n) is 3.74. The van der Waals surface area contributed by atoms with Gasteiger partial charge in [0.05, 0.1) is 0 Å². The first-order valence-corrected chi connectivity index (χ1v) is 6.69. The van der Waals surface area contributed by atoms with Crippen LogP contribution in [0.4, 0.5) is 4.79 Å². The van der Waals surface area contributed by atoms with Crippen molar-refractivity contribution >= 4 is 17.8 Å². The number of carbonyl (C=O) groups excluding carboxylic acids is 3. The van der Waals surface area contributed by atoms with Crippen LogP contribution in [0.15, 0.2) is 0 Å². The third-order valence-corrected chi connectivity index (χ3v) is 3.74. The molecule has 1 aliphatic rings. The zero-order valence-corrected chi connectivity index (χ0v) is 11.8. The second-order valence-corrected chi connectivity index (χ2v) is 4.71. The zero-order valence-electron chi connectivity index (χ0n) is 11.8. The van der Waals surface area contributed by atoms with Crippen LogP contribution in [0, 0.1) is 5.41 Å². The molecular formula is C13H22N2O4. The van der Waals surface area contributed by atoms with Gasteiger partial charge in [-0.05, 0) is 25.7 Å². The number of ether oxygens (including phenoxy) is 1. The van der Waals surface area contributed by atoms with E-state index in [9.17, 15) is 14.4 Å². The molecule has 0 saturated carbocycles. The maximum atomic E-state index is 12.4. The Morgan fingerprint density at radius 1 is 1.16 bits per heavy atom. The van der Waals surface area contributed by atoms with Gasteiger partial charge in [-0.2, -0.15) is 0 Å². The van der Waals surface area contributed by atoms with E-state index in [4.69, 9.17) is 4.74 Å². The molecule has 0 aromatic carbocycles. The van der Waals surface area contributed by atoms with E-state index >= 15 is 0 Å². The maximum absolute atomic E-state index is 12.4. The minimum Gasteiger partial charge on any atom is -0.385 e. The van der Waals surface area contributed by atoms with E-state index in [1.54, 1.807) is 21.0 Å². The maximum Gasteiger partial charge on any atom is 0.330 e. The van der Waals surface area contributed by atoms with Crippen LogP contribution in [-0.4, -0.2) is 43.0 Å². The molecule has 4 amide bonds. The minimum absolute atomic E-state index is 0.322. The molecule has 0 bridgehead atoms. The van der Waals surface area contributed by atoms with Crippen molar-refractivity contribution in [2.75, 3.05) is 20.3 Å². The number of rotatable bonds is 7. The molecule has 0 radical (unpaired) electrons. The molecule has 0 aromatic rings. The molecular weight excluding hydrogens is 248 g/mol. The Kier molecular flexibility index (Phi) is 5.47. The first-order chi connectivity index (χ1) is 9.03. The number of unbranched alkanes of at least 4 members (excludes halogenated alkanes) is 1. The average molecular weight is 270 g/mol. The molecule has 0 aromatic heterocycles. The number of imide groups is 2. The summed E-state index contributed by atoms with van der Waals surface area (Å²) in [6, 6.07) is -0.607. The number of hydrogen-bond donors (Lipinski definition) is 1. The lowest BCUT2D eigenvalue weighted by atomic mass is 9.78. The number of methoxy groups -OCH3 is 1. The largest absolute Gasteiger partial charge is 0.385 e. The van der Waals surface area contributed by atoms with Crippen LogP contribution >= 0.6 is 0 Å². The van der Waals surface area contributed by atoms with Crippen molar-refractivity contribution in [1.82, 2.24) is 10.2 Å². The van der Waals surface area contributed by atoms with Crippen LogP contribution in [0.3, 0.4) is 0 Å². The highest BCUT2D eigenvalue weighted by atomic mass is 16.5. The normalized spacial score (nSPS) is 18.7. The molecule has 6 heteroatoms. The molecule has 0 aliphatic carbocycles. The van der Waals surface area contributed by atoms with Gasteiger partial charge in [0.15, 0.2) is 0 Å². The van der Waals surface area contributed by atoms with Gasteiger partial charge in [-0.1, -0.05) is 13.8 Å². The highest BCUT2D eigenvalue weighted by molar-refractivity contribution is 6.19. The smallest absolute Gasteiger partial charge is 0.330 e. The Labute approximate surface area is 113 Å². The van der Waals surface area contributed by atoms with Crippen molar-refractivity contribution in [1.29, 1.82) is 0 Å². The lowest BCUT2D eigenvalue weighted by Crippen LogP contribution is -2.63. The SMILES string of the molecule is CCC1(CC)C(=O)NC(=O)N(CCCCOC)C1=O. The number of carbonyl (C=O) groups is 3. The Hall–Kier alpha value is -1.43. The van der Waals surface area contributed by atoms with Crippen LogP contribution in [0.25, 0.3) is 0 Å². The quantitative estimate of drug-likeness (QED) is 0.559. The summed E-state index contributed by atoms with van der Waals surface area (Å²) in [5, 5.41) is 2.29. The average Bonchev–Trinajstić information content (AvgIpc) is 2.39. The van der Waals surface area contributed by atoms with Gasteiger partial charge in [-0.15, -0.1) is 0 Å². The van der Waals surface area contributed by atoms with Crippen LogP contribution in [0.5, 0.6) is 0 Å². The molecule has 0 spiro atoms. The summed E-state index contributed by atoms with van der Waals surface area (Å²) in [5.74, 6) is -0.843. The number of urea groups is 1. The summed E-state index contributed by atoms with van der Waals surface area (Å²) in [7, 11) is 1.61. The number of amides is 4. The summed E-state index contributed by atoms with van der Waals surface area (Å²) >= 11 is 0.